The van der Waals surface area contributed by atoms with Crippen molar-refractivity contribution in [1.82, 2.24) is 10.2 Å². The first kappa shape index (κ1) is 31.9. The summed E-state index contributed by atoms with van der Waals surface area (Å²) < 4.78 is 39.8. The minimum Gasteiger partial charge on any atom is -0.497 e. The summed E-state index contributed by atoms with van der Waals surface area (Å²) in [4.78, 5) is 29.5. The fourth-order valence-electron chi connectivity index (χ4n) is 5.45. The Kier molecular flexibility index (Phi) is 11.1. The van der Waals surface area contributed by atoms with Crippen LogP contribution < -0.4 is 19.1 Å². The molecule has 1 aliphatic carbocycles. The zero-order chi connectivity index (χ0) is 30.8. The number of hydrogen-bond acceptors (Lipinski definition) is 6. The molecule has 43 heavy (non-hydrogen) atoms. The molecule has 0 spiro atoms. The van der Waals surface area contributed by atoms with Crippen molar-refractivity contribution in [3.8, 4) is 11.5 Å². The standard InChI is InChI=1S/C33H41N3O6S/c1-4-31(33(38)34-26-14-7-5-8-15-26)35(23-25-13-11-17-28(21-25)41-2)32(37)24-36(27-16-12-18-29(22-27)42-3)43(39,40)30-19-9-6-10-20-30/h6,9-13,16-22,26,31H,4-5,7-8,14-15,23-24H2,1-3H3,(H,34,38)/t31-/m0/s1. The van der Waals surface area contributed by atoms with Gasteiger partial charge in [0.25, 0.3) is 10.0 Å². The van der Waals surface area contributed by atoms with Gasteiger partial charge in [-0.05, 0) is 61.2 Å². The van der Waals surface area contributed by atoms with Crippen molar-refractivity contribution >= 4 is 27.5 Å². The lowest BCUT2D eigenvalue weighted by atomic mass is 9.95. The van der Waals surface area contributed by atoms with Crippen LogP contribution in [-0.2, 0) is 26.2 Å². The number of benzene rings is 3. The lowest BCUT2D eigenvalue weighted by molar-refractivity contribution is -0.140. The number of hydrogen-bond donors (Lipinski definition) is 1. The summed E-state index contributed by atoms with van der Waals surface area (Å²) in [6, 6.07) is 21.1. The van der Waals surface area contributed by atoms with Crippen LogP contribution in [0.15, 0.2) is 83.8 Å². The Bertz CT molecular complexity index is 1470. The zero-order valence-corrected chi connectivity index (χ0v) is 25.9. The number of nitrogens with zero attached hydrogens (tertiary/aromatic N) is 2. The fourth-order valence-corrected chi connectivity index (χ4v) is 6.87. The topological polar surface area (TPSA) is 105 Å². The van der Waals surface area contributed by atoms with E-state index >= 15 is 0 Å². The molecule has 1 fully saturated rings. The van der Waals surface area contributed by atoms with E-state index in [9.17, 15) is 18.0 Å². The van der Waals surface area contributed by atoms with Gasteiger partial charge in [0.05, 0.1) is 24.8 Å². The molecule has 1 N–H and O–H groups in total. The van der Waals surface area contributed by atoms with Gasteiger partial charge >= 0.3 is 0 Å². The van der Waals surface area contributed by atoms with Gasteiger partial charge in [0.15, 0.2) is 0 Å². The lowest BCUT2D eigenvalue weighted by Crippen LogP contribution is -2.54. The van der Waals surface area contributed by atoms with Gasteiger partial charge in [0.1, 0.15) is 24.1 Å². The van der Waals surface area contributed by atoms with Gasteiger partial charge < -0.3 is 19.7 Å². The maximum absolute atomic E-state index is 14.3. The third kappa shape index (κ3) is 8.07. The predicted octanol–water partition coefficient (Wildman–Crippen LogP) is 5.16. The van der Waals surface area contributed by atoms with Crippen molar-refractivity contribution in [2.24, 2.45) is 0 Å². The first-order valence-electron chi connectivity index (χ1n) is 14.7. The number of ether oxygens (including phenoxy) is 2. The first-order valence-corrected chi connectivity index (χ1v) is 16.2. The molecule has 0 aromatic heterocycles. The molecule has 9 nitrogen and oxygen atoms in total. The summed E-state index contributed by atoms with van der Waals surface area (Å²) >= 11 is 0. The van der Waals surface area contributed by atoms with E-state index in [0.717, 1.165) is 42.0 Å². The van der Waals surface area contributed by atoms with E-state index in [4.69, 9.17) is 9.47 Å². The maximum Gasteiger partial charge on any atom is 0.264 e. The van der Waals surface area contributed by atoms with Gasteiger partial charge in [-0.25, -0.2) is 8.42 Å². The van der Waals surface area contributed by atoms with Crippen molar-refractivity contribution in [2.45, 2.75) is 69.0 Å². The lowest BCUT2D eigenvalue weighted by Gasteiger charge is -2.34. The summed E-state index contributed by atoms with van der Waals surface area (Å²) in [5.41, 5.74) is 1.04. The van der Waals surface area contributed by atoms with E-state index in [0.29, 0.717) is 17.9 Å². The van der Waals surface area contributed by atoms with Crippen LogP contribution in [0.25, 0.3) is 0 Å². The van der Waals surface area contributed by atoms with Crippen molar-refractivity contribution in [2.75, 3.05) is 25.1 Å². The van der Waals surface area contributed by atoms with Crippen LogP contribution in [0, 0.1) is 0 Å². The molecule has 1 saturated carbocycles. The van der Waals surface area contributed by atoms with Crippen molar-refractivity contribution < 1.29 is 27.5 Å². The van der Waals surface area contributed by atoms with Gasteiger partial charge in [0, 0.05) is 18.7 Å². The SMILES string of the molecule is CC[C@@H](C(=O)NC1CCCCC1)N(Cc1cccc(OC)c1)C(=O)CN(c1cccc(OC)c1)S(=O)(=O)c1ccccc1. The summed E-state index contributed by atoms with van der Waals surface area (Å²) in [5, 5.41) is 3.16. The molecule has 0 unspecified atom stereocenters. The van der Waals surface area contributed by atoms with Crippen molar-refractivity contribution in [3.05, 3.63) is 84.4 Å². The van der Waals surface area contributed by atoms with Crippen LogP contribution >= 0.6 is 0 Å². The van der Waals surface area contributed by atoms with Crippen LogP contribution in [0.2, 0.25) is 0 Å². The second-order valence-electron chi connectivity index (χ2n) is 10.7. The number of nitrogens with one attached hydrogen (secondary N) is 1. The Labute approximate surface area is 254 Å². The highest BCUT2D eigenvalue weighted by Crippen LogP contribution is 2.28. The van der Waals surface area contributed by atoms with Crippen LogP contribution in [0.5, 0.6) is 11.5 Å². The summed E-state index contributed by atoms with van der Waals surface area (Å²) in [6.45, 7) is 1.45. The molecular weight excluding hydrogens is 566 g/mol. The molecule has 2 amide bonds. The molecule has 0 bridgehead atoms. The molecule has 1 aliphatic rings. The van der Waals surface area contributed by atoms with E-state index in [1.165, 1.54) is 24.1 Å². The number of rotatable bonds is 13. The molecular formula is C33H41N3O6S. The number of carbonyl (C=O) groups excluding carboxylic acids is 2. The molecule has 0 radical (unpaired) electrons. The van der Waals surface area contributed by atoms with E-state index in [1.807, 2.05) is 25.1 Å². The molecule has 3 aromatic rings. The van der Waals surface area contributed by atoms with Crippen LogP contribution in [0.4, 0.5) is 5.69 Å². The van der Waals surface area contributed by atoms with Gasteiger partial charge in [-0.2, -0.15) is 0 Å². The van der Waals surface area contributed by atoms with E-state index < -0.39 is 28.5 Å². The van der Waals surface area contributed by atoms with Gasteiger partial charge in [-0.1, -0.05) is 62.6 Å². The zero-order valence-electron chi connectivity index (χ0n) is 25.1. The Balaban J connectivity index is 1.72. The largest absolute Gasteiger partial charge is 0.497 e. The maximum atomic E-state index is 14.3. The highest BCUT2D eigenvalue weighted by molar-refractivity contribution is 7.92. The Morgan fingerprint density at radius 3 is 2.19 bits per heavy atom. The van der Waals surface area contributed by atoms with Gasteiger partial charge in [0.2, 0.25) is 11.8 Å². The molecule has 4 rings (SSSR count). The minimum atomic E-state index is -4.16. The third-order valence-corrected chi connectivity index (χ3v) is 9.56. The monoisotopic (exact) mass is 607 g/mol. The second-order valence-corrected chi connectivity index (χ2v) is 12.5. The molecule has 3 aromatic carbocycles. The summed E-state index contributed by atoms with van der Waals surface area (Å²) in [7, 11) is -1.10. The molecule has 230 valence electrons. The third-order valence-electron chi connectivity index (χ3n) is 7.78. The summed E-state index contributed by atoms with van der Waals surface area (Å²) in [5.74, 6) is 0.333. The number of amides is 2. The number of carbonyl (C=O) groups is 2. The van der Waals surface area contributed by atoms with Crippen molar-refractivity contribution in [1.29, 1.82) is 0 Å². The number of methoxy groups -OCH3 is 2. The van der Waals surface area contributed by atoms with E-state index in [2.05, 4.69) is 5.32 Å². The second kappa shape index (κ2) is 14.9. The normalized spacial score (nSPS) is 14.4. The Morgan fingerprint density at radius 2 is 1.53 bits per heavy atom. The molecule has 0 saturated heterocycles. The molecule has 0 heterocycles. The number of anilines is 1. The predicted molar refractivity (Wildman–Crippen MR) is 167 cm³/mol. The van der Waals surface area contributed by atoms with Crippen LogP contribution in [0.1, 0.15) is 51.0 Å². The quantitative estimate of drug-likeness (QED) is 0.288. The van der Waals surface area contributed by atoms with Crippen molar-refractivity contribution in [3.63, 3.8) is 0 Å². The highest BCUT2D eigenvalue weighted by atomic mass is 32.2. The Morgan fingerprint density at radius 1 is 0.884 bits per heavy atom. The fraction of sp³-hybridized carbons (Fsp3) is 0.394. The average molecular weight is 608 g/mol. The highest BCUT2D eigenvalue weighted by Gasteiger charge is 2.34. The number of sulfonamides is 1. The average Bonchev–Trinajstić information content (AvgIpc) is 3.04. The van der Waals surface area contributed by atoms with E-state index in [-0.39, 0.29) is 29.1 Å². The van der Waals surface area contributed by atoms with E-state index in [1.54, 1.807) is 55.6 Å². The van der Waals surface area contributed by atoms with Crippen LogP contribution in [0.3, 0.4) is 0 Å². The molecule has 0 aliphatic heterocycles. The minimum absolute atomic E-state index is 0.0482. The van der Waals surface area contributed by atoms with Gasteiger partial charge in [-0.3, -0.25) is 13.9 Å². The smallest absolute Gasteiger partial charge is 0.264 e. The first-order chi connectivity index (χ1) is 20.8. The molecule has 1 atom stereocenters. The Hall–Kier alpha value is -4.05. The molecule has 10 heteroatoms. The van der Waals surface area contributed by atoms with Gasteiger partial charge in [-0.15, -0.1) is 0 Å². The summed E-state index contributed by atoms with van der Waals surface area (Å²) in [6.07, 6.45) is 5.44. The van der Waals surface area contributed by atoms with Crippen LogP contribution in [-0.4, -0.2) is 58.0 Å².